The fourth-order valence-electron chi connectivity index (χ4n) is 2.86. The maximum absolute atomic E-state index is 12.0. The van der Waals surface area contributed by atoms with Crippen molar-refractivity contribution in [3.63, 3.8) is 0 Å². The smallest absolute Gasteiger partial charge is 0.408 e. The lowest BCUT2D eigenvalue weighted by Gasteiger charge is -2.26. The summed E-state index contributed by atoms with van der Waals surface area (Å²) < 4.78 is 10.4. The SMILES string of the molecule is COC[C@](C)(/C=C/c1ccc2ccc([C@@H](C)NC(=O)OC(C)(C)C)nc2c1)C(O)O. The number of fused-ring (bicyclic) bond motifs is 1. The molecule has 0 aliphatic rings. The zero-order chi connectivity index (χ0) is 22.5. The Labute approximate surface area is 177 Å². The summed E-state index contributed by atoms with van der Waals surface area (Å²) in [5.74, 6) is 0. The number of nitrogens with zero attached hydrogens (tertiary/aromatic N) is 1. The second kappa shape index (κ2) is 9.55. The molecule has 2 aromatic rings. The van der Waals surface area contributed by atoms with Crippen LogP contribution in [-0.2, 0) is 9.47 Å². The Morgan fingerprint density at radius 1 is 1.20 bits per heavy atom. The molecular weight excluding hydrogens is 384 g/mol. The molecule has 0 aliphatic heterocycles. The summed E-state index contributed by atoms with van der Waals surface area (Å²) in [5.41, 5.74) is 0.851. The van der Waals surface area contributed by atoms with Crippen molar-refractivity contribution in [2.45, 2.75) is 52.6 Å². The normalized spacial score (nSPS) is 15.4. The van der Waals surface area contributed by atoms with Crippen LogP contribution in [0.25, 0.3) is 17.0 Å². The third-order valence-corrected chi connectivity index (χ3v) is 4.62. The summed E-state index contributed by atoms with van der Waals surface area (Å²) >= 11 is 0. The Morgan fingerprint density at radius 2 is 1.87 bits per heavy atom. The summed E-state index contributed by atoms with van der Waals surface area (Å²) in [6, 6.07) is 9.29. The number of carbonyl (C=O) groups excluding carboxylic acids is 1. The quantitative estimate of drug-likeness (QED) is 0.594. The molecule has 0 unspecified atom stereocenters. The number of aliphatic hydroxyl groups excluding tert-OH is 1. The molecule has 1 aromatic carbocycles. The van der Waals surface area contributed by atoms with Gasteiger partial charge in [0, 0.05) is 12.5 Å². The second-order valence-corrected chi connectivity index (χ2v) is 8.70. The van der Waals surface area contributed by atoms with E-state index in [9.17, 15) is 15.0 Å². The van der Waals surface area contributed by atoms with E-state index in [2.05, 4.69) is 10.3 Å². The molecule has 0 bridgehead atoms. The number of hydrogen-bond donors (Lipinski definition) is 3. The zero-order valence-corrected chi connectivity index (χ0v) is 18.5. The molecule has 1 amide bonds. The molecule has 1 heterocycles. The Balaban J connectivity index is 2.23. The number of nitrogens with one attached hydrogen (secondary N) is 1. The van der Waals surface area contributed by atoms with Gasteiger partial charge in [0.2, 0.25) is 0 Å². The first-order chi connectivity index (χ1) is 13.9. The van der Waals surface area contributed by atoms with Crippen molar-refractivity contribution in [2.75, 3.05) is 13.7 Å². The highest BCUT2D eigenvalue weighted by Gasteiger charge is 2.28. The average Bonchev–Trinajstić information content (AvgIpc) is 2.64. The van der Waals surface area contributed by atoms with Gasteiger partial charge in [-0.2, -0.15) is 0 Å². The molecule has 0 aliphatic carbocycles. The van der Waals surface area contributed by atoms with E-state index in [1.807, 2.05) is 64.1 Å². The van der Waals surface area contributed by atoms with Gasteiger partial charge in [0.15, 0.2) is 6.29 Å². The highest BCUT2D eigenvalue weighted by atomic mass is 16.6. The van der Waals surface area contributed by atoms with Crippen molar-refractivity contribution >= 4 is 23.1 Å². The minimum Gasteiger partial charge on any atom is -0.444 e. The second-order valence-electron chi connectivity index (χ2n) is 8.70. The molecule has 164 valence electrons. The van der Waals surface area contributed by atoms with E-state index in [4.69, 9.17) is 9.47 Å². The first-order valence-corrected chi connectivity index (χ1v) is 9.88. The van der Waals surface area contributed by atoms with Crippen LogP contribution in [0.3, 0.4) is 0 Å². The summed E-state index contributed by atoms with van der Waals surface area (Å²) in [7, 11) is 1.52. The van der Waals surface area contributed by atoms with Gasteiger partial charge in [-0.05, 0) is 52.3 Å². The molecule has 30 heavy (non-hydrogen) atoms. The van der Waals surface area contributed by atoms with Crippen molar-refractivity contribution in [1.29, 1.82) is 0 Å². The monoisotopic (exact) mass is 416 g/mol. The number of aliphatic hydroxyl groups is 2. The number of pyridine rings is 1. The number of rotatable bonds is 7. The molecule has 0 saturated carbocycles. The van der Waals surface area contributed by atoms with E-state index in [0.717, 1.165) is 16.5 Å². The molecule has 3 N–H and O–H groups in total. The maximum atomic E-state index is 12.0. The molecule has 7 heteroatoms. The molecular formula is C23H32N2O5. The van der Waals surface area contributed by atoms with Crippen LogP contribution < -0.4 is 5.32 Å². The number of ether oxygens (including phenoxy) is 2. The van der Waals surface area contributed by atoms with Gasteiger partial charge in [-0.25, -0.2) is 4.79 Å². The summed E-state index contributed by atoms with van der Waals surface area (Å²) in [6.45, 7) is 9.17. The van der Waals surface area contributed by atoms with Crippen molar-refractivity contribution in [2.24, 2.45) is 5.41 Å². The van der Waals surface area contributed by atoms with Crippen LogP contribution in [0.4, 0.5) is 4.79 Å². The zero-order valence-electron chi connectivity index (χ0n) is 18.5. The molecule has 7 nitrogen and oxygen atoms in total. The highest BCUT2D eigenvalue weighted by molar-refractivity contribution is 5.81. The van der Waals surface area contributed by atoms with Crippen molar-refractivity contribution in [1.82, 2.24) is 10.3 Å². The Bertz CT molecular complexity index is 904. The van der Waals surface area contributed by atoms with E-state index < -0.39 is 23.4 Å². The van der Waals surface area contributed by atoms with Crippen LogP contribution in [0.5, 0.6) is 0 Å². The van der Waals surface area contributed by atoms with Crippen LogP contribution in [-0.4, -0.2) is 46.9 Å². The summed E-state index contributed by atoms with van der Waals surface area (Å²) in [4.78, 5) is 16.7. The number of carbonyl (C=O) groups is 1. The third kappa shape index (κ3) is 6.52. The maximum Gasteiger partial charge on any atom is 0.408 e. The van der Waals surface area contributed by atoms with E-state index in [-0.39, 0.29) is 12.6 Å². The number of alkyl carbamates (subject to hydrolysis) is 1. The highest BCUT2D eigenvalue weighted by Crippen LogP contribution is 2.25. The van der Waals surface area contributed by atoms with E-state index >= 15 is 0 Å². The van der Waals surface area contributed by atoms with Gasteiger partial charge in [0.05, 0.1) is 29.3 Å². The lowest BCUT2D eigenvalue weighted by atomic mass is 9.89. The number of aromatic nitrogens is 1. The predicted molar refractivity (Wildman–Crippen MR) is 117 cm³/mol. The Morgan fingerprint density at radius 3 is 2.47 bits per heavy atom. The van der Waals surface area contributed by atoms with Crippen LogP contribution in [0.1, 0.15) is 51.9 Å². The first-order valence-electron chi connectivity index (χ1n) is 9.88. The van der Waals surface area contributed by atoms with Crippen molar-refractivity contribution in [3.8, 4) is 0 Å². The van der Waals surface area contributed by atoms with Crippen LogP contribution in [0, 0.1) is 5.41 Å². The van der Waals surface area contributed by atoms with Gasteiger partial charge >= 0.3 is 6.09 Å². The molecule has 1 aromatic heterocycles. The van der Waals surface area contributed by atoms with Gasteiger partial charge in [-0.15, -0.1) is 0 Å². The summed E-state index contributed by atoms with van der Waals surface area (Å²) in [5, 5.41) is 23.1. The number of hydrogen-bond acceptors (Lipinski definition) is 6. The topological polar surface area (TPSA) is 101 Å². The number of methoxy groups -OCH3 is 1. The van der Waals surface area contributed by atoms with Crippen molar-refractivity contribution < 1.29 is 24.5 Å². The van der Waals surface area contributed by atoms with Gasteiger partial charge in [0.25, 0.3) is 0 Å². The average molecular weight is 417 g/mol. The van der Waals surface area contributed by atoms with E-state index in [1.165, 1.54) is 7.11 Å². The predicted octanol–water partition coefficient (Wildman–Crippen LogP) is 3.80. The lowest BCUT2D eigenvalue weighted by molar-refractivity contribution is -0.127. The van der Waals surface area contributed by atoms with Gasteiger partial charge in [-0.1, -0.05) is 30.4 Å². The van der Waals surface area contributed by atoms with Gasteiger partial charge < -0.3 is 25.0 Å². The van der Waals surface area contributed by atoms with E-state index in [1.54, 1.807) is 13.0 Å². The number of benzene rings is 1. The molecule has 0 radical (unpaired) electrons. The summed E-state index contributed by atoms with van der Waals surface area (Å²) in [6.07, 6.45) is 1.50. The molecule has 0 spiro atoms. The fourth-order valence-corrected chi connectivity index (χ4v) is 2.86. The van der Waals surface area contributed by atoms with Crippen molar-refractivity contribution in [3.05, 3.63) is 47.7 Å². The molecule has 0 saturated heterocycles. The number of amides is 1. The lowest BCUT2D eigenvalue weighted by Crippen LogP contribution is -2.34. The first kappa shape index (κ1) is 23.8. The van der Waals surface area contributed by atoms with Gasteiger partial charge in [0.1, 0.15) is 5.60 Å². The minimum absolute atomic E-state index is 0.172. The van der Waals surface area contributed by atoms with Crippen LogP contribution in [0.2, 0.25) is 0 Å². The van der Waals surface area contributed by atoms with Crippen LogP contribution in [0.15, 0.2) is 36.4 Å². The minimum atomic E-state index is -1.54. The Hall–Kier alpha value is -2.48. The van der Waals surface area contributed by atoms with Crippen LogP contribution >= 0.6 is 0 Å². The standard InChI is InChI=1S/C23H32N2O5/c1-15(24-21(28)30-22(2,3)4)18-10-9-17-8-7-16(13-19(17)25-18)11-12-23(5,14-29-6)20(26)27/h7-13,15,20,26-27H,14H2,1-6H3,(H,24,28)/b12-11+/t15-,23+/m1/s1. The van der Waals surface area contributed by atoms with Gasteiger partial charge in [-0.3, -0.25) is 4.98 Å². The molecule has 2 atom stereocenters. The fraction of sp³-hybridized carbons (Fsp3) is 0.478. The third-order valence-electron chi connectivity index (χ3n) is 4.62. The largest absolute Gasteiger partial charge is 0.444 e. The molecule has 0 fully saturated rings. The molecule has 2 rings (SSSR count). The van der Waals surface area contributed by atoms with E-state index in [0.29, 0.717) is 5.69 Å². The Kier molecular flexibility index (Phi) is 7.58.